The largest absolute Gasteiger partial charge is 0.418 e. The zero-order valence-electron chi connectivity index (χ0n) is 15.0. The number of rotatable bonds is 4. The van der Waals surface area contributed by atoms with E-state index in [0.717, 1.165) is 16.8 Å². The van der Waals surface area contributed by atoms with E-state index in [1.165, 1.54) is 18.2 Å². The summed E-state index contributed by atoms with van der Waals surface area (Å²) < 4.78 is 41.1. The smallest absolute Gasteiger partial charge is 0.269 e. The summed E-state index contributed by atoms with van der Waals surface area (Å²) in [6, 6.07) is 6.49. The summed E-state index contributed by atoms with van der Waals surface area (Å²) >= 11 is 5.68. The van der Waals surface area contributed by atoms with Crippen LogP contribution in [0, 0.1) is 10.1 Å². The van der Waals surface area contributed by atoms with Gasteiger partial charge >= 0.3 is 6.18 Å². The molecule has 0 aliphatic carbocycles. The van der Waals surface area contributed by atoms with Crippen molar-refractivity contribution in [2.75, 3.05) is 0 Å². The molecular weight excluding hydrogens is 445 g/mol. The molecule has 0 fully saturated rings. The Hall–Kier alpha value is -3.87. The molecule has 31 heavy (non-hydrogen) atoms. The number of nitrogens with zero attached hydrogens (tertiary/aromatic N) is 6. The number of nitro benzene ring substituents is 1. The lowest BCUT2D eigenvalue weighted by atomic mass is 10.1. The van der Waals surface area contributed by atoms with Gasteiger partial charge in [0, 0.05) is 11.1 Å². The number of imide groups is 1. The fourth-order valence-corrected chi connectivity index (χ4v) is 3.34. The van der Waals surface area contributed by atoms with Gasteiger partial charge in [0.1, 0.15) is 5.56 Å². The van der Waals surface area contributed by atoms with Gasteiger partial charge in [-0.15, -0.1) is 5.10 Å². The first-order valence-corrected chi connectivity index (χ1v) is 8.75. The van der Waals surface area contributed by atoms with E-state index in [1.54, 1.807) is 0 Å². The highest BCUT2D eigenvalue weighted by atomic mass is 35.5. The molecule has 2 amide bonds. The van der Waals surface area contributed by atoms with Gasteiger partial charge in [-0.3, -0.25) is 24.6 Å². The molecule has 0 spiro atoms. The summed E-state index contributed by atoms with van der Waals surface area (Å²) in [5.74, 6) is -2.11. The maximum atomic E-state index is 13.5. The first kappa shape index (κ1) is 20.4. The minimum atomic E-state index is -4.79. The van der Waals surface area contributed by atoms with Crippen LogP contribution in [0.5, 0.6) is 0 Å². The quantitative estimate of drug-likeness (QED) is 0.338. The average molecular weight is 453 g/mol. The molecule has 14 heteroatoms. The Labute approximate surface area is 175 Å². The van der Waals surface area contributed by atoms with E-state index in [9.17, 15) is 32.9 Å². The molecule has 1 aliphatic heterocycles. The summed E-state index contributed by atoms with van der Waals surface area (Å²) in [7, 11) is 0. The van der Waals surface area contributed by atoms with E-state index in [4.69, 9.17) is 11.6 Å². The summed E-state index contributed by atoms with van der Waals surface area (Å²) in [5.41, 5.74) is -2.76. The van der Waals surface area contributed by atoms with Crippen molar-refractivity contribution >= 4 is 29.1 Å². The topological polar surface area (TPSA) is 124 Å². The Kier molecular flexibility index (Phi) is 4.69. The highest BCUT2D eigenvalue weighted by Gasteiger charge is 2.42. The number of alkyl halides is 3. The summed E-state index contributed by atoms with van der Waals surface area (Å²) in [4.78, 5) is 36.4. The van der Waals surface area contributed by atoms with Crippen molar-refractivity contribution < 1.29 is 27.7 Å². The predicted molar refractivity (Wildman–Crippen MR) is 96.5 cm³/mol. The lowest BCUT2D eigenvalue weighted by Crippen LogP contribution is -2.30. The SMILES string of the molecule is O=C1c2cccc([N+](=O)[O-])c2C(=O)N1Cc1nnnn1-c1ccc(Cl)cc1C(F)(F)F. The third-order valence-electron chi connectivity index (χ3n) is 4.50. The Morgan fingerprint density at radius 3 is 2.55 bits per heavy atom. The van der Waals surface area contributed by atoms with Crippen LogP contribution in [0.1, 0.15) is 32.1 Å². The Morgan fingerprint density at radius 1 is 1.13 bits per heavy atom. The van der Waals surface area contributed by atoms with Crippen molar-refractivity contribution in [1.29, 1.82) is 0 Å². The zero-order valence-corrected chi connectivity index (χ0v) is 15.8. The van der Waals surface area contributed by atoms with E-state index in [-0.39, 0.29) is 16.4 Å². The van der Waals surface area contributed by atoms with Crippen LogP contribution < -0.4 is 0 Å². The molecule has 0 saturated carbocycles. The normalized spacial score (nSPS) is 13.6. The van der Waals surface area contributed by atoms with Crippen molar-refractivity contribution in [1.82, 2.24) is 25.1 Å². The number of halogens is 4. The third-order valence-corrected chi connectivity index (χ3v) is 4.73. The van der Waals surface area contributed by atoms with Crippen LogP contribution in [0.25, 0.3) is 5.69 Å². The highest BCUT2D eigenvalue weighted by molar-refractivity contribution is 6.30. The van der Waals surface area contributed by atoms with Gasteiger partial charge in [0.15, 0.2) is 5.82 Å². The number of hydrogen-bond acceptors (Lipinski definition) is 7. The van der Waals surface area contributed by atoms with E-state index in [2.05, 4.69) is 15.5 Å². The molecule has 3 aromatic rings. The number of tetrazole rings is 1. The second-order valence-electron chi connectivity index (χ2n) is 6.32. The highest BCUT2D eigenvalue weighted by Crippen LogP contribution is 2.36. The standard InChI is InChI=1S/C17H8ClF3N6O4/c18-8-4-5-11(10(6-8)17(19,20)21)26-13(22-23-24-26)7-25-15(28)9-2-1-3-12(27(30)31)14(9)16(25)29/h1-6H,7H2. The van der Waals surface area contributed by atoms with E-state index in [0.29, 0.717) is 11.0 Å². The number of carbonyl (C=O) groups excluding carboxylic acids is 2. The van der Waals surface area contributed by atoms with Gasteiger partial charge in [0.2, 0.25) is 0 Å². The Balaban J connectivity index is 1.75. The minimum absolute atomic E-state index is 0.168. The third kappa shape index (κ3) is 3.38. The van der Waals surface area contributed by atoms with Crippen LogP contribution >= 0.6 is 11.6 Å². The van der Waals surface area contributed by atoms with Crippen molar-refractivity contribution in [2.24, 2.45) is 0 Å². The molecule has 0 atom stereocenters. The second kappa shape index (κ2) is 7.12. The molecule has 2 heterocycles. The predicted octanol–water partition coefficient (Wildman–Crippen LogP) is 3.04. The number of hydrogen-bond donors (Lipinski definition) is 0. The Bertz CT molecular complexity index is 1260. The van der Waals surface area contributed by atoms with Crippen molar-refractivity contribution in [3.8, 4) is 5.69 Å². The molecule has 1 aromatic heterocycles. The van der Waals surface area contributed by atoms with Gasteiger partial charge < -0.3 is 0 Å². The van der Waals surface area contributed by atoms with Crippen LogP contribution in [0.15, 0.2) is 36.4 Å². The summed E-state index contributed by atoms with van der Waals surface area (Å²) in [6.45, 7) is -0.615. The molecule has 4 rings (SSSR count). The molecule has 0 bridgehead atoms. The van der Waals surface area contributed by atoms with Gasteiger partial charge in [-0.05, 0) is 34.7 Å². The van der Waals surface area contributed by atoms with Crippen LogP contribution in [0.3, 0.4) is 0 Å². The van der Waals surface area contributed by atoms with E-state index < -0.39 is 52.0 Å². The van der Waals surface area contributed by atoms with Crippen LogP contribution in [0.4, 0.5) is 18.9 Å². The van der Waals surface area contributed by atoms with Crippen LogP contribution in [0.2, 0.25) is 5.02 Å². The molecule has 0 radical (unpaired) electrons. The van der Waals surface area contributed by atoms with Gasteiger partial charge in [-0.25, -0.2) is 0 Å². The maximum absolute atomic E-state index is 13.5. The first-order valence-electron chi connectivity index (χ1n) is 8.37. The number of benzene rings is 2. The maximum Gasteiger partial charge on any atom is 0.418 e. The molecule has 0 unspecified atom stereocenters. The first-order chi connectivity index (χ1) is 14.6. The molecule has 2 aromatic carbocycles. The lowest BCUT2D eigenvalue weighted by Gasteiger charge is -2.16. The van der Waals surface area contributed by atoms with Gasteiger partial charge in [0.25, 0.3) is 17.5 Å². The van der Waals surface area contributed by atoms with Crippen molar-refractivity contribution in [3.05, 3.63) is 74.0 Å². The molecule has 0 N–H and O–H groups in total. The number of amides is 2. The fraction of sp³-hybridized carbons (Fsp3) is 0.118. The number of nitro groups is 1. The van der Waals surface area contributed by atoms with E-state index in [1.807, 2.05) is 0 Å². The van der Waals surface area contributed by atoms with Gasteiger partial charge in [-0.2, -0.15) is 17.9 Å². The second-order valence-corrected chi connectivity index (χ2v) is 6.76. The van der Waals surface area contributed by atoms with Crippen molar-refractivity contribution in [2.45, 2.75) is 12.7 Å². The fourth-order valence-electron chi connectivity index (χ4n) is 3.16. The average Bonchev–Trinajstić information content (AvgIpc) is 3.26. The summed E-state index contributed by atoms with van der Waals surface area (Å²) in [5, 5.41) is 21.5. The Morgan fingerprint density at radius 2 is 1.87 bits per heavy atom. The molecular formula is C17H8ClF3N6O4. The molecule has 0 saturated heterocycles. The molecule has 10 nitrogen and oxygen atoms in total. The van der Waals surface area contributed by atoms with Gasteiger partial charge in [0.05, 0.1) is 28.3 Å². The molecule has 158 valence electrons. The summed E-state index contributed by atoms with van der Waals surface area (Å²) in [6.07, 6.45) is -4.79. The van der Waals surface area contributed by atoms with E-state index >= 15 is 0 Å². The monoisotopic (exact) mass is 452 g/mol. The number of aromatic nitrogens is 4. The lowest BCUT2D eigenvalue weighted by molar-refractivity contribution is -0.385. The van der Waals surface area contributed by atoms with Crippen molar-refractivity contribution in [3.63, 3.8) is 0 Å². The van der Waals surface area contributed by atoms with Crippen LogP contribution in [-0.4, -0.2) is 41.8 Å². The van der Waals surface area contributed by atoms with Gasteiger partial charge in [-0.1, -0.05) is 17.7 Å². The van der Waals surface area contributed by atoms with Crippen LogP contribution in [-0.2, 0) is 12.7 Å². The molecule has 1 aliphatic rings. The zero-order chi connectivity index (χ0) is 22.5. The number of fused-ring (bicyclic) bond motifs is 1. The number of carbonyl (C=O) groups is 2. The minimum Gasteiger partial charge on any atom is -0.269 e.